The van der Waals surface area contributed by atoms with Gasteiger partial charge in [0.15, 0.2) is 0 Å². The Morgan fingerprint density at radius 1 is 1.43 bits per heavy atom. The second-order valence-electron chi connectivity index (χ2n) is 5.12. The minimum Gasteiger partial charge on any atom is -0.322 e. The van der Waals surface area contributed by atoms with Crippen LogP contribution < -0.4 is 10.6 Å². The fraction of sp³-hybridized carbons (Fsp3) is 0.500. The molecular weight excluding hydrogens is 300 g/mol. The summed E-state index contributed by atoms with van der Waals surface area (Å²) in [6, 6.07) is 3.01. The Kier molecular flexibility index (Phi) is 7.01. The number of rotatable bonds is 5. The molecule has 21 heavy (non-hydrogen) atoms. The number of benzene rings is 1. The first-order chi connectivity index (χ1) is 9.58. The van der Waals surface area contributed by atoms with Crippen molar-refractivity contribution < 1.29 is 13.6 Å². The van der Waals surface area contributed by atoms with Gasteiger partial charge in [-0.2, -0.15) is 0 Å². The number of amides is 1. The summed E-state index contributed by atoms with van der Waals surface area (Å²) in [7, 11) is 1.90. The molecule has 0 bridgehead atoms. The Balaban J connectivity index is 0.00000220. The fourth-order valence-electron chi connectivity index (χ4n) is 2.50. The SMILES string of the molecule is CNCC1CCN(CC(=O)Nc2cc(F)ccc2F)C1.Cl. The zero-order valence-electron chi connectivity index (χ0n) is 11.9. The van der Waals surface area contributed by atoms with Gasteiger partial charge in [-0.3, -0.25) is 9.69 Å². The van der Waals surface area contributed by atoms with Crippen LogP contribution in [0.5, 0.6) is 0 Å². The van der Waals surface area contributed by atoms with Crippen LogP contribution in [0, 0.1) is 17.6 Å². The van der Waals surface area contributed by atoms with Gasteiger partial charge in [0.1, 0.15) is 11.6 Å². The average Bonchev–Trinajstić information content (AvgIpc) is 2.81. The van der Waals surface area contributed by atoms with E-state index in [9.17, 15) is 13.6 Å². The summed E-state index contributed by atoms with van der Waals surface area (Å²) < 4.78 is 26.4. The molecule has 1 aliphatic rings. The first-order valence-corrected chi connectivity index (χ1v) is 6.70. The molecule has 1 aromatic rings. The number of carbonyl (C=O) groups is 1. The van der Waals surface area contributed by atoms with Gasteiger partial charge >= 0.3 is 0 Å². The maximum absolute atomic E-state index is 13.4. The van der Waals surface area contributed by atoms with Gasteiger partial charge in [-0.25, -0.2) is 8.78 Å². The van der Waals surface area contributed by atoms with E-state index in [1.165, 1.54) is 0 Å². The molecule has 1 amide bonds. The molecule has 0 saturated carbocycles. The summed E-state index contributed by atoms with van der Waals surface area (Å²) in [5.41, 5.74) is -0.110. The Bertz CT molecular complexity index is 487. The van der Waals surface area contributed by atoms with Crippen LogP contribution in [0.2, 0.25) is 0 Å². The van der Waals surface area contributed by atoms with Gasteiger partial charge in [-0.05, 0) is 44.6 Å². The lowest BCUT2D eigenvalue weighted by atomic mass is 10.1. The van der Waals surface area contributed by atoms with Crippen molar-refractivity contribution in [1.82, 2.24) is 10.2 Å². The van der Waals surface area contributed by atoms with Crippen molar-refractivity contribution in [1.29, 1.82) is 0 Å². The normalized spacial score (nSPS) is 18.3. The van der Waals surface area contributed by atoms with Crippen LogP contribution in [-0.4, -0.2) is 44.0 Å². The molecule has 118 valence electrons. The largest absolute Gasteiger partial charge is 0.322 e. The van der Waals surface area contributed by atoms with E-state index in [-0.39, 0.29) is 30.5 Å². The molecule has 1 unspecified atom stereocenters. The minimum absolute atomic E-state index is 0. The van der Waals surface area contributed by atoms with Crippen molar-refractivity contribution in [3.8, 4) is 0 Å². The lowest BCUT2D eigenvalue weighted by molar-refractivity contribution is -0.117. The highest BCUT2D eigenvalue weighted by atomic mass is 35.5. The van der Waals surface area contributed by atoms with E-state index in [2.05, 4.69) is 10.6 Å². The number of halogens is 3. The van der Waals surface area contributed by atoms with E-state index in [0.29, 0.717) is 5.92 Å². The molecule has 1 fully saturated rings. The van der Waals surface area contributed by atoms with Crippen LogP contribution in [0.25, 0.3) is 0 Å². The Morgan fingerprint density at radius 3 is 2.90 bits per heavy atom. The van der Waals surface area contributed by atoms with E-state index in [1.807, 2.05) is 11.9 Å². The molecule has 1 aliphatic heterocycles. The number of anilines is 1. The number of hydrogen-bond donors (Lipinski definition) is 2. The van der Waals surface area contributed by atoms with Gasteiger partial charge in [0.25, 0.3) is 0 Å². The standard InChI is InChI=1S/C14H19F2N3O.ClH/c1-17-7-10-4-5-19(8-10)9-14(20)18-13-6-11(15)2-3-12(13)16;/h2-3,6,10,17H,4-5,7-9H2,1H3,(H,18,20);1H. The second kappa shape index (κ2) is 8.26. The van der Waals surface area contributed by atoms with Crippen molar-refractivity contribution in [3.63, 3.8) is 0 Å². The average molecular weight is 320 g/mol. The molecule has 2 N–H and O–H groups in total. The molecule has 0 spiro atoms. The maximum Gasteiger partial charge on any atom is 0.238 e. The third-order valence-electron chi connectivity index (χ3n) is 3.43. The first-order valence-electron chi connectivity index (χ1n) is 6.70. The third kappa shape index (κ3) is 5.22. The topological polar surface area (TPSA) is 44.4 Å². The number of nitrogens with zero attached hydrogens (tertiary/aromatic N) is 1. The molecule has 7 heteroatoms. The van der Waals surface area contributed by atoms with Crippen molar-refractivity contribution in [2.75, 3.05) is 38.5 Å². The number of hydrogen-bond acceptors (Lipinski definition) is 3. The van der Waals surface area contributed by atoms with Crippen LogP contribution in [-0.2, 0) is 4.79 Å². The van der Waals surface area contributed by atoms with Gasteiger partial charge in [-0.1, -0.05) is 0 Å². The third-order valence-corrected chi connectivity index (χ3v) is 3.43. The molecule has 1 saturated heterocycles. The lowest BCUT2D eigenvalue weighted by Gasteiger charge is -2.15. The molecule has 1 aromatic carbocycles. The van der Waals surface area contributed by atoms with Gasteiger partial charge in [0, 0.05) is 12.6 Å². The predicted octanol–water partition coefficient (Wildman–Crippen LogP) is 1.87. The van der Waals surface area contributed by atoms with Crippen LogP contribution in [0.3, 0.4) is 0 Å². The quantitative estimate of drug-likeness (QED) is 0.871. The monoisotopic (exact) mass is 319 g/mol. The molecule has 2 rings (SSSR count). The van der Waals surface area contributed by atoms with Gasteiger partial charge in [0.2, 0.25) is 5.91 Å². The highest BCUT2D eigenvalue weighted by molar-refractivity contribution is 5.92. The zero-order valence-corrected chi connectivity index (χ0v) is 12.7. The van der Waals surface area contributed by atoms with E-state index >= 15 is 0 Å². The summed E-state index contributed by atoms with van der Waals surface area (Å²) in [5.74, 6) is -0.982. The van der Waals surface area contributed by atoms with Crippen molar-refractivity contribution >= 4 is 24.0 Å². The lowest BCUT2D eigenvalue weighted by Crippen LogP contribution is -2.32. The van der Waals surface area contributed by atoms with Crippen molar-refractivity contribution in [2.24, 2.45) is 5.92 Å². The Labute approximate surface area is 129 Å². The minimum atomic E-state index is -0.630. The summed E-state index contributed by atoms with van der Waals surface area (Å²) in [5, 5.41) is 5.53. The molecule has 1 heterocycles. The van der Waals surface area contributed by atoms with Crippen LogP contribution in [0.4, 0.5) is 14.5 Å². The molecule has 0 radical (unpaired) electrons. The Morgan fingerprint density at radius 2 is 2.19 bits per heavy atom. The predicted molar refractivity (Wildman–Crippen MR) is 80.7 cm³/mol. The molecule has 4 nitrogen and oxygen atoms in total. The molecule has 0 aromatic heterocycles. The molecule has 0 aliphatic carbocycles. The maximum atomic E-state index is 13.4. The summed E-state index contributed by atoms with van der Waals surface area (Å²) in [6.07, 6.45) is 1.04. The van der Waals surface area contributed by atoms with Gasteiger partial charge in [-0.15, -0.1) is 12.4 Å². The smallest absolute Gasteiger partial charge is 0.238 e. The van der Waals surface area contributed by atoms with Crippen molar-refractivity contribution in [3.05, 3.63) is 29.8 Å². The van der Waals surface area contributed by atoms with E-state index < -0.39 is 11.6 Å². The van der Waals surface area contributed by atoms with Gasteiger partial charge < -0.3 is 10.6 Å². The number of likely N-dealkylation sites (tertiary alicyclic amines) is 1. The Hall–Kier alpha value is -1.24. The van der Waals surface area contributed by atoms with Crippen LogP contribution in [0.1, 0.15) is 6.42 Å². The van der Waals surface area contributed by atoms with E-state index in [4.69, 9.17) is 0 Å². The summed E-state index contributed by atoms with van der Waals surface area (Å²) >= 11 is 0. The van der Waals surface area contributed by atoms with Gasteiger partial charge in [0.05, 0.1) is 12.2 Å². The van der Waals surface area contributed by atoms with E-state index in [0.717, 1.165) is 44.3 Å². The first kappa shape index (κ1) is 17.8. The number of nitrogens with one attached hydrogen (secondary N) is 2. The molecule has 1 atom stereocenters. The number of carbonyl (C=O) groups excluding carboxylic acids is 1. The highest BCUT2D eigenvalue weighted by Gasteiger charge is 2.23. The highest BCUT2D eigenvalue weighted by Crippen LogP contribution is 2.17. The van der Waals surface area contributed by atoms with Crippen LogP contribution in [0.15, 0.2) is 18.2 Å². The summed E-state index contributed by atoms with van der Waals surface area (Å²) in [4.78, 5) is 13.9. The van der Waals surface area contributed by atoms with Crippen molar-refractivity contribution in [2.45, 2.75) is 6.42 Å². The summed E-state index contributed by atoms with van der Waals surface area (Å²) in [6.45, 7) is 2.83. The molecular formula is C14H20ClF2N3O. The fourth-order valence-corrected chi connectivity index (χ4v) is 2.50. The second-order valence-corrected chi connectivity index (χ2v) is 5.12. The zero-order chi connectivity index (χ0) is 14.5. The van der Waals surface area contributed by atoms with E-state index in [1.54, 1.807) is 0 Å². The van der Waals surface area contributed by atoms with Crippen LogP contribution >= 0.6 is 12.4 Å².